The van der Waals surface area contributed by atoms with Gasteiger partial charge in [0, 0.05) is 11.8 Å². The van der Waals surface area contributed by atoms with Crippen LogP contribution in [-0.2, 0) is 15.6 Å². The van der Waals surface area contributed by atoms with Gasteiger partial charge in [0.25, 0.3) is 0 Å². The minimum absolute atomic E-state index is 0.231. The molecule has 0 aliphatic carbocycles. The summed E-state index contributed by atoms with van der Waals surface area (Å²) in [6.45, 7) is -1.21. The van der Waals surface area contributed by atoms with Gasteiger partial charge in [-0.25, -0.2) is 14.5 Å². The highest BCUT2D eigenvalue weighted by molar-refractivity contribution is 7.46. The molecule has 1 aromatic heterocycles. The van der Waals surface area contributed by atoms with Crippen LogP contribution in [0.4, 0.5) is 5.82 Å². The fraction of sp³-hybridized carbons (Fsp3) is 0.333. The zero-order valence-electron chi connectivity index (χ0n) is 9.21. The van der Waals surface area contributed by atoms with E-state index in [0.29, 0.717) is 5.82 Å². The van der Waals surface area contributed by atoms with Gasteiger partial charge in [0.1, 0.15) is 11.6 Å². The lowest BCUT2D eigenvalue weighted by Crippen LogP contribution is -2.02. The number of phosphoric ester groups is 1. The number of aryl methyl sites for hydroxylation is 1. The molecule has 0 atom stereocenters. The number of nitrogen functional groups attached to an aromatic ring is 1. The second-order valence-electron chi connectivity index (χ2n) is 2.40. The second kappa shape index (κ2) is 4.02. The molecule has 0 aliphatic rings. The summed E-state index contributed by atoms with van der Waals surface area (Å²) in [4.78, 5) is 24.4. The minimum atomic E-state index is -4.97. The Morgan fingerprint density at radius 3 is 2.93 bits per heavy atom. The van der Waals surface area contributed by atoms with Gasteiger partial charge in [0.15, 0.2) is 0 Å². The van der Waals surface area contributed by atoms with Gasteiger partial charge in [-0.2, -0.15) is 0 Å². The van der Waals surface area contributed by atoms with E-state index in [-0.39, 0.29) is 11.4 Å². The van der Waals surface area contributed by atoms with Gasteiger partial charge >= 0.3 is 7.82 Å². The molecule has 0 aromatic carbocycles. The highest BCUT2D eigenvalue weighted by Crippen LogP contribution is 2.37. The maximum atomic E-state index is 10.5. The molecular weight excluding hydrogens is 210 g/mol. The Morgan fingerprint density at radius 2 is 2.43 bits per heavy atom. The third kappa shape index (κ3) is 3.39. The number of aromatic nitrogens is 2. The molecule has 7 nitrogen and oxygen atoms in total. The number of rotatable bonds is 3. The van der Waals surface area contributed by atoms with Crippen molar-refractivity contribution in [3.63, 3.8) is 0 Å². The summed E-state index contributed by atoms with van der Waals surface area (Å²) in [5, 5.41) is 0. The Kier molecular flexibility index (Phi) is 2.38. The van der Waals surface area contributed by atoms with Crippen molar-refractivity contribution in [2.24, 2.45) is 0 Å². The van der Waals surface area contributed by atoms with Crippen LogP contribution in [0.25, 0.3) is 0 Å². The SMILES string of the molecule is [2H]C([2H])(OP(=O)(O)O)c1cn[13c](C)nc1N. The second-order valence-corrected chi connectivity index (χ2v) is 3.56. The molecule has 0 bridgehead atoms. The van der Waals surface area contributed by atoms with Crippen LogP contribution in [0.1, 0.15) is 14.1 Å². The van der Waals surface area contributed by atoms with Crippen LogP contribution in [0.3, 0.4) is 0 Å². The van der Waals surface area contributed by atoms with Crippen molar-refractivity contribution in [3.8, 4) is 0 Å². The number of anilines is 1. The topological polar surface area (TPSA) is 119 Å². The smallest absolute Gasteiger partial charge is 0.383 e. The molecule has 0 spiro atoms. The fourth-order valence-electron chi connectivity index (χ4n) is 0.675. The van der Waals surface area contributed by atoms with Crippen LogP contribution in [0, 0.1) is 6.92 Å². The van der Waals surface area contributed by atoms with Crippen LogP contribution in [-0.4, -0.2) is 19.8 Å². The van der Waals surface area contributed by atoms with Gasteiger partial charge in [0.2, 0.25) is 0 Å². The average molecular weight is 222 g/mol. The molecule has 0 saturated heterocycles. The van der Waals surface area contributed by atoms with E-state index in [2.05, 4.69) is 14.5 Å². The standard InChI is InChI=1S/C6H10N3O4P/c1-4-8-2-5(6(7)9-4)3-13-14(10,11)12/h2H,3H2,1H3,(H2,7,8,9)(H2,10,11,12)/i3D2,4+1. The lowest BCUT2D eigenvalue weighted by molar-refractivity contribution is 0.189. The molecule has 0 amide bonds. The van der Waals surface area contributed by atoms with Crippen molar-refractivity contribution < 1.29 is 21.6 Å². The van der Waals surface area contributed by atoms with E-state index in [1.165, 1.54) is 0 Å². The Hall–Kier alpha value is -1.01. The fourth-order valence-corrected chi connectivity index (χ4v) is 0.892. The number of phosphoric acid groups is 1. The molecule has 0 aliphatic heterocycles. The summed E-state index contributed by atoms with van der Waals surface area (Å²) >= 11 is 0. The van der Waals surface area contributed by atoms with Crippen molar-refractivity contribution in [2.45, 2.75) is 13.5 Å². The predicted molar refractivity (Wildman–Crippen MR) is 48.0 cm³/mol. The molecule has 78 valence electrons. The van der Waals surface area contributed by atoms with Crippen LogP contribution in [0.2, 0.25) is 0 Å². The van der Waals surface area contributed by atoms with E-state index in [1.54, 1.807) is 6.92 Å². The summed E-state index contributed by atoms with van der Waals surface area (Å²) in [5.41, 5.74) is 5.07. The maximum absolute atomic E-state index is 10.5. The van der Waals surface area contributed by atoms with Crippen LogP contribution >= 0.6 is 7.82 Å². The Labute approximate surface area is 83.0 Å². The summed E-state index contributed by atoms with van der Waals surface area (Å²) in [5.74, 6) is 0.0826. The van der Waals surface area contributed by atoms with E-state index in [0.717, 1.165) is 6.20 Å². The lowest BCUT2D eigenvalue weighted by atomic mass is 10.3. The third-order valence-corrected chi connectivity index (χ3v) is 1.54. The van der Waals surface area contributed by atoms with Crippen LogP contribution in [0.5, 0.6) is 0 Å². The van der Waals surface area contributed by atoms with Crippen LogP contribution in [0.15, 0.2) is 6.20 Å². The molecule has 1 rings (SSSR count). The molecule has 4 N–H and O–H groups in total. The van der Waals surface area contributed by atoms with Gasteiger partial charge in [-0.05, 0) is 6.92 Å². The first-order chi connectivity index (χ1) is 7.12. The first-order valence-electron chi connectivity index (χ1n) is 4.48. The van der Waals surface area contributed by atoms with Gasteiger partial charge in [-0.1, -0.05) is 0 Å². The lowest BCUT2D eigenvalue weighted by Gasteiger charge is -2.06. The average Bonchev–Trinajstić information content (AvgIpc) is 1.97. The Morgan fingerprint density at radius 1 is 1.79 bits per heavy atom. The van der Waals surface area contributed by atoms with Crippen molar-refractivity contribution in [1.29, 1.82) is 0 Å². The molecule has 0 radical (unpaired) electrons. The molecule has 1 aromatic rings. The summed E-state index contributed by atoms with van der Waals surface area (Å²) in [7, 11) is -4.97. The Bertz CT molecular complexity index is 449. The summed E-state index contributed by atoms with van der Waals surface area (Å²) < 4.78 is 29.2. The molecule has 8 heteroatoms. The molecule has 14 heavy (non-hydrogen) atoms. The van der Waals surface area contributed by atoms with Crippen LogP contribution < -0.4 is 5.73 Å². The maximum Gasteiger partial charge on any atom is 0.469 e. The van der Waals surface area contributed by atoms with E-state index in [1.807, 2.05) is 0 Å². The van der Waals surface area contributed by atoms with Gasteiger partial charge in [-0.3, -0.25) is 4.52 Å². The molecule has 0 saturated carbocycles. The Balaban J connectivity index is 3.12. The highest BCUT2D eigenvalue weighted by atomic mass is 31.2. The third-order valence-electron chi connectivity index (χ3n) is 1.21. The molecule has 1 heterocycles. The highest BCUT2D eigenvalue weighted by Gasteiger charge is 2.15. The van der Waals surface area contributed by atoms with Crippen molar-refractivity contribution in [2.75, 3.05) is 5.73 Å². The van der Waals surface area contributed by atoms with Crippen molar-refractivity contribution in [1.82, 2.24) is 9.97 Å². The molecule has 0 unspecified atom stereocenters. The monoisotopic (exact) mass is 222 g/mol. The zero-order chi connectivity index (χ0) is 12.6. The van der Waals surface area contributed by atoms with Gasteiger partial charge in [0.05, 0.1) is 9.30 Å². The summed E-state index contributed by atoms with van der Waals surface area (Å²) in [6.07, 6.45) is 1.02. The van der Waals surface area contributed by atoms with Crippen molar-refractivity contribution in [3.05, 3.63) is 17.6 Å². The number of nitrogens with two attached hydrogens (primary N) is 1. The number of hydrogen-bond donors (Lipinski definition) is 3. The van der Waals surface area contributed by atoms with E-state index >= 15 is 0 Å². The normalized spacial score (nSPS) is 14.8. The van der Waals surface area contributed by atoms with E-state index in [4.69, 9.17) is 18.3 Å². The molecular formula is C6H10N3O4P. The predicted octanol–water partition coefficient (Wildman–Crippen LogP) is -0.0235. The van der Waals surface area contributed by atoms with E-state index < -0.39 is 14.4 Å². The quantitative estimate of drug-likeness (QED) is 0.614. The van der Waals surface area contributed by atoms with Crippen molar-refractivity contribution >= 4 is 13.6 Å². The summed E-state index contributed by atoms with van der Waals surface area (Å²) in [6, 6.07) is 0. The largest absolute Gasteiger partial charge is 0.469 e. The first-order valence-corrected chi connectivity index (χ1v) is 5.01. The minimum Gasteiger partial charge on any atom is -0.383 e. The number of hydrogen-bond acceptors (Lipinski definition) is 5. The van der Waals surface area contributed by atoms with Gasteiger partial charge < -0.3 is 15.5 Å². The van der Waals surface area contributed by atoms with E-state index in [9.17, 15) is 4.57 Å². The number of nitrogens with zero attached hydrogens (tertiary/aromatic N) is 2. The zero-order valence-corrected chi connectivity index (χ0v) is 8.10. The molecule has 0 fully saturated rings. The first kappa shape index (κ1) is 8.31. The van der Waals surface area contributed by atoms with Gasteiger partial charge in [-0.15, -0.1) is 0 Å².